The van der Waals surface area contributed by atoms with Crippen molar-refractivity contribution in [1.29, 1.82) is 0 Å². The minimum atomic E-state index is -2.39. The Kier molecular flexibility index (Phi) is 3.81. The van der Waals surface area contributed by atoms with Crippen LogP contribution in [0.3, 0.4) is 0 Å². The van der Waals surface area contributed by atoms with Crippen LogP contribution in [-0.4, -0.2) is 0 Å². The zero-order valence-corrected chi connectivity index (χ0v) is 13.4. The van der Waals surface area contributed by atoms with Crippen molar-refractivity contribution >= 4 is 40.2 Å². The van der Waals surface area contributed by atoms with Gasteiger partial charge in [-0.25, -0.2) is 0 Å². The van der Waals surface area contributed by atoms with E-state index in [-0.39, 0.29) is 0 Å². The van der Waals surface area contributed by atoms with Gasteiger partial charge in [-0.2, -0.15) is 0 Å². The van der Waals surface area contributed by atoms with E-state index in [1.54, 1.807) is 0 Å². The Labute approximate surface area is 82.2 Å². The third kappa shape index (κ3) is 2.88. The fourth-order valence-corrected chi connectivity index (χ4v) is 9.17. The first-order valence-corrected chi connectivity index (χ1v) is 28.1. The van der Waals surface area contributed by atoms with Gasteiger partial charge in [-0.3, -0.25) is 0 Å². The number of hydrogen-bond donors (Lipinski definition) is 0. The summed E-state index contributed by atoms with van der Waals surface area (Å²) in [6, 6.07) is 10.4. The number of halogens is 3. The van der Waals surface area contributed by atoms with Crippen molar-refractivity contribution in [3.8, 4) is 0 Å². The molecule has 10 heavy (non-hydrogen) atoms. The summed E-state index contributed by atoms with van der Waals surface area (Å²) in [7, 11) is 0. The van der Waals surface area contributed by atoms with Crippen LogP contribution in [0, 0.1) is 0 Å². The molecule has 0 aliphatic heterocycles. The van der Waals surface area contributed by atoms with Crippen LogP contribution >= 0.6 is 36.9 Å². The number of rotatable bonds is 1. The third-order valence-electron chi connectivity index (χ3n) is 1.10. The quantitative estimate of drug-likeness (QED) is 0.525. The zero-order chi connectivity index (χ0) is 7.61. The van der Waals surface area contributed by atoms with E-state index >= 15 is 0 Å². The molecule has 0 unspecified atom stereocenters. The molecular formula is C6H5Br3Hf. The van der Waals surface area contributed by atoms with Crippen molar-refractivity contribution in [2.24, 2.45) is 0 Å². The third-order valence-corrected chi connectivity index (χ3v) is 15.9. The van der Waals surface area contributed by atoms with Gasteiger partial charge in [-0.05, 0) is 0 Å². The van der Waals surface area contributed by atoms with Crippen molar-refractivity contribution in [2.75, 3.05) is 0 Å². The van der Waals surface area contributed by atoms with Gasteiger partial charge in [0.15, 0.2) is 0 Å². The van der Waals surface area contributed by atoms with Gasteiger partial charge in [0, 0.05) is 0 Å². The summed E-state index contributed by atoms with van der Waals surface area (Å²) >= 11 is 8.53. The number of hydrogen-bond acceptors (Lipinski definition) is 0. The Morgan fingerprint density at radius 3 is 1.70 bits per heavy atom. The molecular weight excluding hydrogens is 490 g/mol. The summed E-state index contributed by atoms with van der Waals surface area (Å²) in [5.41, 5.74) is 0. The fourth-order valence-electron chi connectivity index (χ4n) is 0.627. The Morgan fingerprint density at radius 2 is 1.40 bits per heavy atom. The first-order valence-electron chi connectivity index (χ1n) is 2.73. The molecule has 0 saturated heterocycles. The molecule has 0 radical (unpaired) electrons. The average molecular weight is 495 g/mol. The standard InChI is InChI=1S/C6H5.3BrH.Hf/c1-2-4-6-5-3-1;;;;/h1-5H;3*1H;/q;;;;+3/p-3. The van der Waals surface area contributed by atoms with Gasteiger partial charge in [-0.1, -0.05) is 0 Å². The van der Waals surface area contributed by atoms with Crippen molar-refractivity contribution in [1.82, 2.24) is 0 Å². The summed E-state index contributed by atoms with van der Waals surface area (Å²) in [4.78, 5) is 0. The number of benzene rings is 1. The van der Waals surface area contributed by atoms with Crippen molar-refractivity contribution < 1.29 is 13.0 Å². The fraction of sp³-hybridized carbons (Fsp3) is 0. The van der Waals surface area contributed by atoms with Gasteiger partial charge in [0.1, 0.15) is 0 Å². The Balaban J connectivity index is 2.97. The van der Waals surface area contributed by atoms with E-state index in [9.17, 15) is 0 Å². The molecule has 1 aromatic carbocycles. The molecule has 0 amide bonds. The second-order valence-corrected chi connectivity index (χ2v) is 62.9. The van der Waals surface area contributed by atoms with Gasteiger partial charge in [-0.15, -0.1) is 0 Å². The van der Waals surface area contributed by atoms with Crippen molar-refractivity contribution in [3.63, 3.8) is 0 Å². The van der Waals surface area contributed by atoms with E-state index in [1.165, 1.54) is 3.32 Å². The first-order chi connectivity index (χ1) is 4.61. The molecule has 0 N–H and O–H groups in total. The normalized spacial score (nSPS) is 11.5. The maximum absolute atomic E-state index is 3.64. The molecule has 0 aromatic heterocycles. The SMILES string of the molecule is [Br][Hf]([Br])([Br])[c]1ccccc1. The summed E-state index contributed by atoms with van der Waals surface area (Å²) in [5, 5.41) is 0. The summed E-state index contributed by atoms with van der Waals surface area (Å²) < 4.78 is 1.37. The zero-order valence-electron chi connectivity index (χ0n) is 5.02. The monoisotopic (exact) mass is 494 g/mol. The van der Waals surface area contributed by atoms with Crippen LogP contribution in [0.25, 0.3) is 0 Å². The van der Waals surface area contributed by atoms with Crippen LogP contribution in [0.4, 0.5) is 0 Å². The molecule has 54 valence electrons. The van der Waals surface area contributed by atoms with Crippen LogP contribution in [-0.2, 0) is 13.0 Å². The summed E-state index contributed by atoms with van der Waals surface area (Å²) in [6.07, 6.45) is 0. The van der Waals surface area contributed by atoms with E-state index in [2.05, 4.69) is 49.0 Å². The maximum atomic E-state index is 3.64. The van der Waals surface area contributed by atoms with Crippen LogP contribution in [0.5, 0.6) is 0 Å². The Morgan fingerprint density at radius 1 is 0.900 bits per heavy atom. The molecule has 1 aromatic rings. The van der Waals surface area contributed by atoms with Gasteiger partial charge in [0.05, 0.1) is 0 Å². The van der Waals surface area contributed by atoms with Crippen LogP contribution in [0.1, 0.15) is 0 Å². The second-order valence-electron chi connectivity index (χ2n) is 1.86. The van der Waals surface area contributed by atoms with Crippen LogP contribution in [0.15, 0.2) is 30.3 Å². The molecule has 0 aliphatic rings. The average Bonchev–Trinajstić information content (AvgIpc) is 1.88. The molecule has 0 saturated carbocycles. The summed E-state index contributed by atoms with van der Waals surface area (Å²) in [6.45, 7) is 0. The van der Waals surface area contributed by atoms with Gasteiger partial charge in [0.25, 0.3) is 0 Å². The minimum absolute atomic E-state index is 1.37. The predicted molar refractivity (Wildman–Crippen MR) is 52.9 cm³/mol. The van der Waals surface area contributed by atoms with Gasteiger partial charge >= 0.3 is 83.5 Å². The van der Waals surface area contributed by atoms with E-state index in [0.29, 0.717) is 0 Å². The van der Waals surface area contributed by atoms with Crippen molar-refractivity contribution in [3.05, 3.63) is 30.3 Å². The topological polar surface area (TPSA) is 0 Å². The Hall–Kier alpha value is 1.53. The molecule has 0 bridgehead atoms. The van der Waals surface area contributed by atoms with Gasteiger partial charge in [0.2, 0.25) is 0 Å². The molecule has 4 heteroatoms. The molecule has 1 rings (SSSR count). The molecule has 0 spiro atoms. The first kappa shape index (κ1) is 9.62. The van der Waals surface area contributed by atoms with Gasteiger partial charge < -0.3 is 0 Å². The predicted octanol–water partition coefficient (Wildman–Crippen LogP) is 3.40. The second kappa shape index (κ2) is 3.97. The van der Waals surface area contributed by atoms with Crippen molar-refractivity contribution in [2.45, 2.75) is 0 Å². The van der Waals surface area contributed by atoms with Crippen LogP contribution in [0.2, 0.25) is 0 Å². The molecule has 0 nitrogen and oxygen atoms in total. The van der Waals surface area contributed by atoms with E-state index < -0.39 is 13.0 Å². The Bertz CT molecular complexity index is 204. The molecule has 0 heterocycles. The van der Waals surface area contributed by atoms with Crippen LogP contribution < -0.4 is 3.32 Å². The van der Waals surface area contributed by atoms with E-state index in [4.69, 9.17) is 0 Å². The van der Waals surface area contributed by atoms with E-state index in [1.807, 2.05) is 18.2 Å². The molecule has 0 atom stereocenters. The summed E-state index contributed by atoms with van der Waals surface area (Å²) in [5.74, 6) is 0. The van der Waals surface area contributed by atoms with E-state index in [0.717, 1.165) is 0 Å². The molecule has 0 fully saturated rings. The molecule has 0 aliphatic carbocycles.